The zero-order valence-corrected chi connectivity index (χ0v) is 5.94. The van der Waals surface area contributed by atoms with E-state index in [0.717, 1.165) is 13.2 Å². The van der Waals surface area contributed by atoms with Crippen LogP contribution in [0.1, 0.15) is 6.92 Å². The predicted molar refractivity (Wildman–Crippen MR) is 32.7 cm³/mol. The Bertz CT molecular complexity index is 57.1. The van der Waals surface area contributed by atoms with E-state index in [0.29, 0.717) is 10.7 Å². The minimum Gasteiger partial charge on any atom is -0.380 e. The molecule has 7 heavy (non-hydrogen) atoms. The molecule has 1 rings (SSSR count). The summed E-state index contributed by atoms with van der Waals surface area (Å²) in [5, 5.41) is 0. The largest absolute Gasteiger partial charge is 0.380 e. The summed E-state index contributed by atoms with van der Waals surface area (Å²) in [6.07, 6.45) is 0. The Kier molecular flexibility index (Phi) is 1.70. The molecule has 0 bridgehead atoms. The highest BCUT2D eigenvalue weighted by Crippen LogP contribution is 2.19. The molecular formula is C5H9BrO. The van der Waals surface area contributed by atoms with Gasteiger partial charge in [-0.15, -0.1) is 0 Å². The molecule has 42 valence electrons. The molecular weight excluding hydrogens is 156 g/mol. The van der Waals surface area contributed by atoms with E-state index >= 15 is 0 Å². The van der Waals surface area contributed by atoms with E-state index in [1.165, 1.54) is 0 Å². The lowest BCUT2D eigenvalue weighted by Crippen LogP contribution is -2.05. The zero-order valence-electron chi connectivity index (χ0n) is 4.36. The first kappa shape index (κ1) is 5.57. The Hall–Kier alpha value is 0.440. The van der Waals surface area contributed by atoms with Crippen molar-refractivity contribution in [3.05, 3.63) is 0 Å². The fraction of sp³-hybridized carbons (Fsp3) is 1.00. The number of hydrogen-bond acceptors (Lipinski definition) is 1. The monoisotopic (exact) mass is 164 g/mol. The van der Waals surface area contributed by atoms with Crippen LogP contribution in [-0.4, -0.2) is 18.0 Å². The smallest absolute Gasteiger partial charge is 0.0595 e. The Morgan fingerprint density at radius 1 is 1.57 bits per heavy atom. The molecule has 0 aromatic rings. The number of rotatable bonds is 0. The van der Waals surface area contributed by atoms with Crippen molar-refractivity contribution in [2.75, 3.05) is 13.2 Å². The highest BCUT2D eigenvalue weighted by Gasteiger charge is 2.20. The Morgan fingerprint density at radius 3 is 2.43 bits per heavy atom. The molecule has 2 heteroatoms. The van der Waals surface area contributed by atoms with Crippen molar-refractivity contribution >= 4 is 15.9 Å². The Morgan fingerprint density at radius 2 is 2.29 bits per heavy atom. The Balaban J connectivity index is 2.33. The lowest BCUT2D eigenvalue weighted by atomic mass is 10.2. The normalized spacial score (nSPS) is 42.0. The summed E-state index contributed by atoms with van der Waals surface area (Å²) in [5.41, 5.74) is 0. The quantitative estimate of drug-likeness (QED) is 0.493. The van der Waals surface area contributed by atoms with E-state index in [-0.39, 0.29) is 0 Å². The summed E-state index contributed by atoms with van der Waals surface area (Å²) < 4.78 is 5.12. The second kappa shape index (κ2) is 2.14. The highest BCUT2D eigenvalue weighted by molar-refractivity contribution is 9.09. The van der Waals surface area contributed by atoms with Crippen molar-refractivity contribution in [1.29, 1.82) is 0 Å². The number of ether oxygens (including phenoxy) is 1. The maximum atomic E-state index is 5.12. The minimum absolute atomic E-state index is 0.604. The van der Waals surface area contributed by atoms with E-state index in [4.69, 9.17) is 4.74 Å². The molecule has 0 N–H and O–H groups in total. The molecule has 2 atom stereocenters. The Labute approximate surface area is 52.2 Å². The van der Waals surface area contributed by atoms with Gasteiger partial charge in [0.1, 0.15) is 0 Å². The molecule has 1 fully saturated rings. The zero-order chi connectivity index (χ0) is 5.28. The van der Waals surface area contributed by atoms with Gasteiger partial charge in [-0.05, 0) is 5.92 Å². The number of halogens is 1. The van der Waals surface area contributed by atoms with Crippen molar-refractivity contribution in [2.45, 2.75) is 11.8 Å². The first-order valence-corrected chi connectivity index (χ1v) is 3.44. The van der Waals surface area contributed by atoms with Crippen LogP contribution in [0.2, 0.25) is 0 Å². The first-order valence-electron chi connectivity index (χ1n) is 2.52. The van der Waals surface area contributed by atoms with Gasteiger partial charge < -0.3 is 4.74 Å². The number of alkyl halides is 1. The SMILES string of the molecule is C[C@@H]1COC[C@@H]1Br. The molecule has 0 amide bonds. The molecule has 1 heterocycles. The molecule has 0 saturated carbocycles. The van der Waals surface area contributed by atoms with Crippen LogP contribution in [0.5, 0.6) is 0 Å². The average Bonchev–Trinajstić information content (AvgIpc) is 1.91. The van der Waals surface area contributed by atoms with Crippen LogP contribution in [-0.2, 0) is 4.74 Å². The fourth-order valence-electron chi connectivity index (χ4n) is 0.635. The number of hydrogen-bond donors (Lipinski definition) is 0. The standard InChI is InChI=1S/C5H9BrO/c1-4-2-7-3-5(4)6/h4-5H,2-3H2,1H3/t4-,5+/m1/s1. The second-order valence-electron chi connectivity index (χ2n) is 2.03. The molecule has 1 nitrogen and oxygen atoms in total. The first-order chi connectivity index (χ1) is 3.30. The van der Waals surface area contributed by atoms with Gasteiger partial charge in [-0.2, -0.15) is 0 Å². The van der Waals surface area contributed by atoms with E-state index in [1.807, 2.05) is 0 Å². The van der Waals surface area contributed by atoms with Gasteiger partial charge in [-0.25, -0.2) is 0 Å². The molecule has 0 radical (unpaired) electrons. The molecule has 0 aliphatic carbocycles. The molecule has 0 aromatic carbocycles. The molecule has 1 saturated heterocycles. The lowest BCUT2D eigenvalue weighted by Gasteiger charge is -1.99. The molecule has 0 spiro atoms. The fourth-order valence-corrected chi connectivity index (χ4v) is 0.975. The third kappa shape index (κ3) is 1.16. The van der Waals surface area contributed by atoms with Gasteiger partial charge in [0, 0.05) is 4.83 Å². The third-order valence-corrected chi connectivity index (χ3v) is 2.44. The lowest BCUT2D eigenvalue weighted by molar-refractivity contribution is 0.189. The van der Waals surface area contributed by atoms with Crippen LogP contribution in [0, 0.1) is 5.92 Å². The van der Waals surface area contributed by atoms with Crippen LogP contribution in [0.25, 0.3) is 0 Å². The van der Waals surface area contributed by atoms with E-state index < -0.39 is 0 Å². The molecule has 0 unspecified atom stereocenters. The van der Waals surface area contributed by atoms with Gasteiger partial charge in [-0.3, -0.25) is 0 Å². The van der Waals surface area contributed by atoms with Gasteiger partial charge in [0.15, 0.2) is 0 Å². The maximum absolute atomic E-state index is 5.12. The van der Waals surface area contributed by atoms with Crippen LogP contribution < -0.4 is 0 Å². The minimum atomic E-state index is 0.604. The molecule has 1 aliphatic heterocycles. The van der Waals surface area contributed by atoms with E-state index in [2.05, 4.69) is 22.9 Å². The van der Waals surface area contributed by atoms with Crippen LogP contribution in [0.4, 0.5) is 0 Å². The van der Waals surface area contributed by atoms with Crippen molar-refractivity contribution < 1.29 is 4.74 Å². The third-order valence-electron chi connectivity index (χ3n) is 1.28. The topological polar surface area (TPSA) is 9.23 Å². The summed E-state index contributed by atoms with van der Waals surface area (Å²) in [4.78, 5) is 0.604. The van der Waals surface area contributed by atoms with Crippen molar-refractivity contribution in [3.63, 3.8) is 0 Å². The summed E-state index contributed by atoms with van der Waals surface area (Å²) in [6.45, 7) is 4.00. The summed E-state index contributed by atoms with van der Waals surface area (Å²) in [6, 6.07) is 0. The summed E-state index contributed by atoms with van der Waals surface area (Å²) in [5.74, 6) is 0.708. The summed E-state index contributed by atoms with van der Waals surface area (Å²) >= 11 is 3.48. The van der Waals surface area contributed by atoms with Crippen LogP contribution in [0.15, 0.2) is 0 Å². The highest BCUT2D eigenvalue weighted by atomic mass is 79.9. The summed E-state index contributed by atoms with van der Waals surface area (Å²) in [7, 11) is 0. The van der Waals surface area contributed by atoms with Crippen molar-refractivity contribution in [3.8, 4) is 0 Å². The van der Waals surface area contributed by atoms with Gasteiger partial charge in [-0.1, -0.05) is 22.9 Å². The average molecular weight is 165 g/mol. The van der Waals surface area contributed by atoms with Crippen molar-refractivity contribution in [2.24, 2.45) is 5.92 Å². The van der Waals surface area contributed by atoms with Gasteiger partial charge in [0.05, 0.1) is 13.2 Å². The molecule has 0 aromatic heterocycles. The van der Waals surface area contributed by atoms with Crippen molar-refractivity contribution in [1.82, 2.24) is 0 Å². The maximum Gasteiger partial charge on any atom is 0.0595 e. The van der Waals surface area contributed by atoms with E-state index in [9.17, 15) is 0 Å². The van der Waals surface area contributed by atoms with Crippen LogP contribution >= 0.6 is 15.9 Å². The van der Waals surface area contributed by atoms with Gasteiger partial charge in [0.25, 0.3) is 0 Å². The second-order valence-corrected chi connectivity index (χ2v) is 3.21. The van der Waals surface area contributed by atoms with Gasteiger partial charge in [0.2, 0.25) is 0 Å². The van der Waals surface area contributed by atoms with E-state index in [1.54, 1.807) is 0 Å². The van der Waals surface area contributed by atoms with Crippen LogP contribution in [0.3, 0.4) is 0 Å². The molecule has 1 aliphatic rings. The predicted octanol–water partition coefficient (Wildman–Crippen LogP) is 1.42. The van der Waals surface area contributed by atoms with Gasteiger partial charge >= 0.3 is 0 Å².